The first-order valence-electron chi connectivity index (χ1n) is 14.0. The highest BCUT2D eigenvalue weighted by molar-refractivity contribution is 5.94. The molecule has 5 rings (SSSR count). The van der Waals surface area contributed by atoms with Crippen LogP contribution in [-0.4, -0.2) is 118 Å². The van der Waals surface area contributed by atoms with E-state index in [0.29, 0.717) is 37.0 Å². The second kappa shape index (κ2) is 15.1. The molecule has 15 nitrogen and oxygen atoms in total. The first kappa shape index (κ1) is 34.2. The molecule has 0 saturated carbocycles. The summed E-state index contributed by atoms with van der Waals surface area (Å²) in [5.41, 5.74) is -0.953. The maximum atomic E-state index is 15.2. The van der Waals surface area contributed by atoms with Crippen LogP contribution in [0.4, 0.5) is 24.1 Å². The maximum absolute atomic E-state index is 15.2. The van der Waals surface area contributed by atoms with Crippen LogP contribution in [0.3, 0.4) is 0 Å². The van der Waals surface area contributed by atoms with E-state index in [1.54, 1.807) is 31.2 Å². The van der Waals surface area contributed by atoms with Gasteiger partial charge in [-0.2, -0.15) is 0 Å². The van der Waals surface area contributed by atoms with Crippen molar-refractivity contribution in [1.29, 1.82) is 0 Å². The van der Waals surface area contributed by atoms with Crippen LogP contribution < -0.4 is 17.3 Å². The molecule has 1 N–H and O–H groups in total. The number of methoxy groups -OCH3 is 1. The van der Waals surface area contributed by atoms with Crippen molar-refractivity contribution in [2.24, 2.45) is 5.10 Å². The molecule has 46 heavy (non-hydrogen) atoms. The van der Waals surface area contributed by atoms with Crippen LogP contribution in [0.15, 0.2) is 53.9 Å². The van der Waals surface area contributed by atoms with Crippen LogP contribution >= 0.6 is 0 Å². The fourth-order valence-corrected chi connectivity index (χ4v) is 5.11. The minimum absolute atomic E-state index is 0. The number of urea groups is 1. The van der Waals surface area contributed by atoms with E-state index in [9.17, 15) is 19.1 Å². The number of nitrogens with zero attached hydrogens (tertiary/aromatic N) is 9. The third kappa shape index (κ3) is 7.56. The highest BCUT2D eigenvalue weighted by Gasteiger charge is 2.48. The lowest BCUT2D eigenvalue weighted by atomic mass is 9.85. The maximum Gasteiger partial charge on any atom is 0.547 e. The van der Waals surface area contributed by atoms with Crippen LogP contribution in [0.1, 0.15) is 18.9 Å². The molecule has 0 radical (unpaired) electrons. The number of β-amino-alcohol motifs (C(OH)–C–C–N with tert-alkyl or cyclic N) is 1. The number of tetrazole rings is 1. The number of aromatic nitrogens is 4. The Morgan fingerprint density at radius 2 is 1.87 bits per heavy atom. The zero-order valence-electron chi connectivity index (χ0n) is 25.0. The fourth-order valence-electron chi connectivity index (χ4n) is 5.11. The second-order valence-corrected chi connectivity index (χ2v) is 10.4. The molecule has 2 aliphatic rings. The van der Waals surface area contributed by atoms with Gasteiger partial charge in [-0.1, -0.05) is 11.0 Å². The number of halogens is 3. The Kier molecular flexibility index (Phi) is 11.2. The smallest absolute Gasteiger partial charge is 0.547 e. The standard InChI is InChI=1S/C28H32F2N9O6.ClH/c1-20(37-10-11-38(26(37)40)22-5-7-23(8-6-22)39-16-31-33-34-39)28(42,24-9-4-21(29)14-25(24)30)15-36-18-35(17-32-36)19-45-27(41)44-13-3-12-43-2;/h4-9,14,16,20,42H,3,10-13,15,18-19H2,1-2H3;1H/q+1;/p-1/t20-,28+;/m1./s1. The van der Waals surface area contributed by atoms with E-state index in [0.717, 1.165) is 12.1 Å². The topological polar surface area (TPSA) is 151 Å². The summed E-state index contributed by atoms with van der Waals surface area (Å²) in [5.74, 6) is -1.79. The summed E-state index contributed by atoms with van der Waals surface area (Å²) in [6.07, 6.45) is 3.74. The summed E-state index contributed by atoms with van der Waals surface area (Å²) in [4.78, 5) is 29.9. The van der Waals surface area contributed by atoms with Gasteiger partial charge in [0.1, 0.15) is 28.7 Å². The Morgan fingerprint density at radius 1 is 1.11 bits per heavy atom. The van der Waals surface area contributed by atoms with Gasteiger partial charge in [-0.3, -0.25) is 4.90 Å². The molecule has 3 heterocycles. The highest BCUT2D eigenvalue weighted by Crippen LogP contribution is 2.35. The number of hydrogen-bond acceptors (Lipinski definition) is 12. The van der Waals surface area contributed by atoms with Crippen LogP contribution in [0, 0.1) is 11.6 Å². The lowest BCUT2D eigenvalue weighted by molar-refractivity contribution is -0.0602. The fraction of sp³-hybridized carbons (Fsp3) is 0.429. The Hall–Kier alpha value is -4.70. The molecule has 1 fully saturated rings. The van der Waals surface area contributed by atoms with Crippen LogP contribution in [0.25, 0.3) is 5.69 Å². The number of rotatable bonds is 13. The molecule has 246 valence electrons. The number of benzene rings is 2. The van der Waals surface area contributed by atoms with E-state index in [2.05, 4.69) is 27.0 Å². The first-order valence-corrected chi connectivity index (χ1v) is 14.0. The molecular weight excluding hydrogens is 632 g/mol. The van der Waals surface area contributed by atoms with E-state index in [1.165, 1.54) is 37.8 Å². The monoisotopic (exact) mass is 663 g/mol. The predicted molar refractivity (Wildman–Crippen MR) is 153 cm³/mol. The summed E-state index contributed by atoms with van der Waals surface area (Å²) < 4.78 is 45.5. The van der Waals surface area contributed by atoms with Crippen molar-refractivity contribution in [2.75, 3.05) is 58.3 Å². The van der Waals surface area contributed by atoms with Crippen molar-refractivity contribution in [2.45, 2.75) is 25.0 Å². The van der Waals surface area contributed by atoms with E-state index in [-0.39, 0.29) is 51.1 Å². The van der Waals surface area contributed by atoms with Crippen LogP contribution in [-0.2, 0) is 19.8 Å². The van der Waals surface area contributed by atoms with Gasteiger partial charge in [-0.15, -0.1) is 5.10 Å². The van der Waals surface area contributed by atoms with Crippen molar-refractivity contribution in [3.05, 3.63) is 66.0 Å². The molecule has 0 bridgehead atoms. The molecule has 2 amide bonds. The van der Waals surface area contributed by atoms with Crippen LogP contribution in [0.2, 0.25) is 0 Å². The zero-order valence-corrected chi connectivity index (χ0v) is 25.8. The number of anilines is 1. The Labute approximate surface area is 269 Å². The third-order valence-electron chi connectivity index (χ3n) is 7.51. The zero-order chi connectivity index (χ0) is 32.0. The molecule has 0 unspecified atom stereocenters. The van der Waals surface area contributed by atoms with E-state index >= 15 is 4.39 Å². The van der Waals surface area contributed by atoms with E-state index < -0.39 is 35.5 Å². The molecule has 18 heteroatoms. The molecule has 2 aliphatic heterocycles. The summed E-state index contributed by atoms with van der Waals surface area (Å²) in [7, 11) is 1.54. The number of hydrogen-bond donors (Lipinski definition) is 1. The summed E-state index contributed by atoms with van der Waals surface area (Å²) >= 11 is 0. The number of aliphatic hydroxyl groups is 1. The van der Waals surface area contributed by atoms with Gasteiger partial charge >= 0.3 is 18.5 Å². The van der Waals surface area contributed by atoms with Gasteiger partial charge in [-0.25, -0.2) is 28.1 Å². The minimum Gasteiger partial charge on any atom is -1.00 e. The number of amides is 2. The predicted octanol–water partition coefficient (Wildman–Crippen LogP) is -0.995. The SMILES string of the molecule is COCCCOC(=O)OCN1[C+]=NN(C[C@@](O)(c2ccc(F)cc2F)[C@@H](C)N2CCN(c3ccc(-n4cnnn4)cc3)C2=O)C1.[Cl-]. The molecule has 0 aliphatic carbocycles. The highest BCUT2D eigenvalue weighted by atomic mass is 35.5. The lowest BCUT2D eigenvalue weighted by Gasteiger charge is -2.40. The largest absolute Gasteiger partial charge is 1.00 e. The Morgan fingerprint density at radius 3 is 2.57 bits per heavy atom. The van der Waals surface area contributed by atoms with Gasteiger partial charge in [0.2, 0.25) is 6.73 Å². The summed E-state index contributed by atoms with van der Waals surface area (Å²) in [6.45, 7) is 2.15. The molecule has 2 aromatic carbocycles. The quantitative estimate of drug-likeness (QED) is 0.136. The summed E-state index contributed by atoms with van der Waals surface area (Å²) in [6, 6.07) is 8.48. The van der Waals surface area contributed by atoms with Gasteiger partial charge < -0.3 is 36.6 Å². The number of carbonyl (C=O) groups excluding carboxylic acids is 2. The van der Waals surface area contributed by atoms with Gasteiger partial charge in [-0.05, 0) is 47.7 Å². The van der Waals surface area contributed by atoms with Crippen molar-refractivity contribution < 1.29 is 50.1 Å². The Bertz CT molecular complexity index is 1500. The summed E-state index contributed by atoms with van der Waals surface area (Å²) in [5, 5.41) is 28.7. The molecular formula is C28H32ClF2N9O6. The molecule has 3 aromatic rings. The van der Waals surface area contributed by atoms with Gasteiger partial charge in [0.05, 0.1) is 24.9 Å². The molecule has 1 aromatic heterocycles. The average Bonchev–Trinajstić information content (AvgIpc) is 3.80. The lowest BCUT2D eigenvalue weighted by Crippen LogP contribution is -3.00. The van der Waals surface area contributed by atoms with Gasteiger partial charge in [0, 0.05) is 50.5 Å². The normalized spacial score (nSPS) is 16.2. The number of hydrazone groups is 1. The third-order valence-corrected chi connectivity index (χ3v) is 7.51. The van der Waals surface area contributed by atoms with Crippen molar-refractivity contribution in [3.63, 3.8) is 0 Å². The van der Waals surface area contributed by atoms with Gasteiger partial charge in [0.25, 0.3) is 0 Å². The second-order valence-electron chi connectivity index (χ2n) is 10.4. The molecule has 0 spiro atoms. The van der Waals surface area contributed by atoms with E-state index in [1.807, 2.05) is 0 Å². The molecule has 2 atom stereocenters. The van der Waals surface area contributed by atoms with Crippen LogP contribution in [0.5, 0.6) is 0 Å². The van der Waals surface area contributed by atoms with Crippen molar-refractivity contribution in [3.8, 4) is 5.69 Å². The van der Waals surface area contributed by atoms with Gasteiger partial charge in [0.15, 0.2) is 6.67 Å². The number of ether oxygens (including phenoxy) is 3. The Balaban J connectivity index is 0.00000480. The molecule has 1 saturated heterocycles. The van der Waals surface area contributed by atoms with Crippen molar-refractivity contribution in [1.82, 2.24) is 35.0 Å². The number of carbonyl (C=O) groups is 2. The van der Waals surface area contributed by atoms with Crippen molar-refractivity contribution >= 4 is 24.2 Å². The minimum atomic E-state index is -2.05. The first-order chi connectivity index (χ1) is 21.7. The average molecular weight is 664 g/mol. The van der Waals surface area contributed by atoms with E-state index in [4.69, 9.17) is 14.2 Å².